The number of carbonyl (C=O) groups is 1. The molecule has 0 bridgehead atoms. The zero-order valence-electron chi connectivity index (χ0n) is 5.92. The van der Waals surface area contributed by atoms with Gasteiger partial charge in [0.05, 0.1) is 0 Å². The fraction of sp³-hybridized carbons (Fsp3) is 0.667. The van der Waals surface area contributed by atoms with Crippen molar-refractivity contribution >= 4 is 5.97 Å². The van der Waals surface area contributed by atoms with Gasteiger partial charge in [-0.15, -0.1) is 0 Å². The minimum atomic E-state index is -1.65. The Labute approximate surface area is 59.0 Å². The summed E-state index contributed by atoms with van der Waals surface area (Å²) < 4.78 is 4.54. The molecule has 0 aromatic heterocycles. The van der Waals surface area contributed by atoms with Crippen molar-refractivity contribution in [3.05, 3.63) is 0 Å². The molecule has 0 amide bonds. The summed E-state index contributed by atoms with van der Waals surface area (Å²) in [6.07, 6.45) is 0.148. The number of aliphatic carboxylic acids is 1. The molecule has 0 saturated heterocycles. The van der Waals surface area contributed by atoms with Crippen molar-refractivity contribution in [2.24, 2.45) is 0 Å². The SMILES string of the molecule is CCC(C#N)(OC)C(=O)O. The minimum Gasteiger partial charge on any atom is -0.478 e. The summed E-state index contributed by atoms with van der Waals surface area (Å²) in [6.45, 7) is 1.58. The average Bonchev–Trinajstić information content (AvgIpc) is 1.92. The van der Waals surface area contributed by atoms with Gasteiger partial charge < -0.3 is 9.84 Å². The lowest BCUT2D eigenvalue weighted by Gasteiger charge is -2.16. The van der Waals surface area contributed by atoms with Crippen LogP contribution in [0.2, 0.25) is 0 Å². The molecule has 56 valence electrons. The number of carboxylic acids is 1. The van der Waals surface area contributed by atoms with Crippen LogP contribution in [0, 0.1) is 11.3 Å². The molecule has 0 spiro atoms. The van der Waals surface area contributed by atoms with Gasteiger partial charge in [-0.25, -0.2) is 4.79 Å². The second-order valence-corrected chi connectivity index (χ2v) is 1.80. The predicted molar refractivity (Wildman–Crippen MR) is 33.3 cm³/mol. The first-order valence-electron chi connectivity index (χ1n) is 2.82. The van der Waals surface area contributed by atoms with Crippen LogP contribution in [0.15, 0.2) is 0 Å². The molecule has 0 rings (SSSR count). The number of carboxylic acid groups (broad SMARTS) is 1. The normalized spacial score (nSPS) is 15.3. The summed E-state index contributed by atoms with van der Waals surface area (Å²) in [6, 6.07) is 1.59. The molecule has 0 aliphatic heterocycles. The molecular formula is C6H9NO3. The zero-order valence-corrected chi connectivity index (χ0v) is 5.92. The van der Waals surface area contributed by atoms with Gasteiger partial charge in [0.1, 0.15) is 6.07 Å². The number of methoxy groups -OCH3 is 1. The molecule has 4 heteroatoms. The molecule has 4 nitrogen and oxygen atoms in total. The van der Waals surface area contributed by atoms with Crippen molar-refractivity contribution in [1.82, 2.24) is 0 Å². The summed E-state index contributed by atoms with van der Waals surface area (Å²) in [7, 11) is 1.21. The maximum atomic E-state index is 10.4. The van der Waals surface area contributed by atoms with Crippen LogP contribution in [-0.4, -0.2) is 23.8 Å². The molecule has 10 heavy (non-hydrogen) atoms. The summed E-state index contributed by atoms with van der Waals surface area (Å²) in [5, 5.41) is 16.9. The van der Waals surface area contributed by atoms with Crippen LogP contribution in [0.4, 0.5) is 0 Å². The van der Waals surface area contributed by atoms with E-state index in [9.17, 15) is 4.79 Å². The average molecular weight is 143 g/mol. The standard InChI is InChI=1S/C6H9NO3/c1-3-6(4-7,10-2)5(8)9/h3H2,1-2H3,(H,8,9). The number of nitrogens with zero attached hydrogens (tertiary/aromatic N) is 1. The zero-order chi connectivity index (χ0) is 8.20. The maximum Gasteiger partial charge on any atom is 0.351 e. The molecule has 0 aliphatic carbocycles. The van der Waals surface area contributed by atoms with Gasteiger partial charge in [0.2, 0.25) is 0 Å². The second kappa shape index (κ2) is 3.18. The van der Waals surface area contributed by atoms with Crippen LogP contribution in [0.25, 0.3) is 0 Å². The summed E-state index contributed by atoms with van der Waals surface area (Å²) >= 11 is 0. The Kier molecular flexibility index (Phi) is 2.84. The molecule has 0 aliphatic rings. The van der Waals surface area contributed by atoms with E-state index in [-0.39, 0.29) is 6.42 Å². The molecule has 0 saturated carbocycles. The van der Waals surface area contributed by atoms with Crippen molar-refractivity contribution in [3.8, 4) is 6.07 Å². The topological polar surface area (TPSA) is 70.3 Å². The van der Waals surface area contributed by atoms with Crippen LogP contribution in [-0.2, 0) is 9.53 Å². The van der Waals surface area contributed by atoms with Crippen LogP contribution < -0.4 is 0 Å². The van der Waals surface area contributed by atoms with E-state index < -0.39 is 11.6 Å². The number of hydrogen-bond acceptors (Lipinski definition) is 3. The van der Waals surface area contributed by atoms with E-state index in [1.165, 1.54) is 7.11 Å². The predicted octanol–water partition coefficient (Wildman–Crippen LogP) is 0.390. The summed E-state index contributed by atoms with van der Waals surface area (Å²) in [4.78, 5) is 10.4. The Morgan fingerprint density at radius 3 is 2.40 bits per heavy atom. The largest absolute Gasteiger partial charge is 0.478 e. The van der Waals surface area contributed by atoms with Crippen LogP contribution >= 0.6 is 0 Å². The fourth-order valence-corrected chi connectivity index (χ4v) is 0.555. The molecule has 1 atom stereocenters. The second-order valence-electron chi connectivity index (χ2n) is 1.80. The van der Waals surface area contributed by atoms with Crippen LogP contribution in [0.5, 0.6) is 0 Å². The third-order valence-corrected chi connectivity index (χ3v) is 1.37. The van der Waals surface area contributed by atoms with E-state index in [1.807, 2.05) is 0 Å². The third kappa shape index (κ3) is 1.25. The first-order chi connectivity index (χ1) is 4.63. The number of ether oxygens (including phenoxy) is 1. The van der Waals surface area contributed by atoms with Gasteiger partial charge in [-0.05, 0) is 6.42 Å². The summed E-state index contributed by atoms with van der Waals surface area (Å²) in [5.74, 6) is -1.24. The molecule has 1 N–H and O–H groups in total. The van der Waals surface area contributed by atoms with Crippen LogP contribution in [0.1, 0.15) is 13.3 Å². The smallest absolute Gasteiger partial charge is 0.351 e. The molecule has 0 radical (unpaired) electrons. The highest BCUT2D eigenvalue weighted by Gasteiger charge is 2.36. The Bertz CT molecular complexity index is 166. The first kappa shape index (κ1) is 8.92. The Balaban J connectivity index is 4.52. The van der Waals surface area contributed by atoms with Gasteiger partial charge in [0.15, 0.2) is 0 Å². The highest BCUT2D eigenvalue weighted by atomic mass is 16.5. The van der Waals surface area contributed by atoms with Gasteiger partial charge in [-0.1, -0.05) is 6.92 Å². The van der Waals surface area contributed by atoms with Crippen molar-refractivity contribution < 1.29 is 14.6 Å². The van der Waals surface area contributed by atoms with Crippen molar-refractivity contribution in [3.63, 3.8) is 0 Å². The first-order valence-corrected chi connectivity index (χ1v) is 2.82. The van der Waals surface area contributed by atoms with E-state index in [0.29, 0.717) is 0 Å². The molecule has 1 unspecified atom stereocenters. The van der Waals surface area contributed by atoms with E-state index >= 15 is 0 Å². The lowest BCUT2D eigenvalue weighted by molar-refractivity contribution is -0.155. The van der Waals surface area contributed by atoms with Gasteiger partial charge >= 0.3 is 5.97 Å². The molecule has 0 aromatic carbocycles. The van der Waals surface area contributed by atoms with Crippen molar-refractivity contribution in [2.45, 2.75) is 18.9 Å². The van der Waals surface area contributed by atoms with E-state index in [4.69, 9.17) is 10.4 Å². The van der Waals surface area contributed by atoms with E-state index in [1.54, 1.807) is 13.0 Å². The van der Waals surface area contributed by atoms with Gasteiger partial charge in [-0.2, -0.15) is 5.26 Å². The fourth-order valence-electron chi connectivity index (χ4n) is 0.555. The van der Waals surface area contributed by atoms with E-state index in [0.717, 1.165) is 0 Å². The lowest BCUT2D eigenvalue weighted by atomic mass is 10.0. The lowest BCUT2D eigenvalue weighted by Crippen LogP contribution is -2.38. The summed E-state index contributed by atoms with van der Waals surface area (Å²) in [5.41, 5.74) is -1.65. The third-order valence-electron chi connectivity index (χ3n) is 1.37. The van der Waals surface area contributed by atoms with Gasteiger partial charge in [0.25, 0.3) is 5.60 Å². The Morgan fingerprint density at radius 1 is 1.90 bits per heavy atom. The number of nitriles is 1. The highest BCUT2D eigenvalue weighted by molar-refractivity contribution is 5.80. The van der Waals surface area contributed by atoms with Crippen LogP contribution in [0.3, 0.4) is 0 Å². The van der Waals surface area contributed by atoms with Gasteiger partial charge in [0, 0.05) is 7.11 Å². The molecule has 0 fully saturated rings. The molecule has 0 heterocycles. The number of hydrogen-bond donors (Lipinski definition) is 1. The van der Waals surface area contributed by atoms with Crippen molar-refractivity contribution in [2.75, 3.05) is 7.11 Å². The minimum absolute atomic E-state index is 0.148. The number of rotatable bonds is 3. The highest BCUT2D eigenvalue weighted by Crippen LogP contribution is 2.12. The monoisotopic (exact) mass is 143 g/mol. The Hall–Kier alpha value is -1.08. The molecular weight excluding hydrogens is 134 g/mol. The maximum absolute atomic E-state index is 10.4. The van der Waals surface area contributed by atoms with Crippen molar-refractivity contribution in [1.29, 1.82) is 5.26 Å². The molecule has 0 aromatic rings. The van der Waals surface area contributed by atoms with Gasteiger partial charge in [-0.3, -0.25) is 0 Å². The van der Waals surface area contributed by atoms with E-state index in [2.05, 4.69) is 4.74 Å². The quantitative estimate of drug-likeness (QED) is 0.620. The Morgan fingerprint density at radius 2 is 2.40 bits per heavy atom.